The molecule has 2 N–H and O–H groups in total. The topological polar surface area (TPSA) is 62.2 Å². The van der Waals surface area contributed by atoms with Gasteiger partial charge in [-0.1, -0.05) is 17.7 Å². The highest BCUT2D eigenvalue weighted by atomic mass is 16.4. The van der Waals surface area contributed by atoms with E-state index in [-0.39, 0.29) is 5.56 Å². The highest BCUT2D eigenvalue weighted by Crippen LogP contribution is 2.22. The molecule has 0 spiro atoms. The third-order valence-electron chi connectivity index (χ3n) is 2.67. The van der Waals surface area contributed by atoms with E-state index in [0.29, 0.717) is 5.82 Å². The van der Waals surface area contributed by atoms with Crippen LogP contribution in [0, 0.1) is 13.8 Å². The van der Waals surface area contributed by atoms with Gasteiger partial charge in [-0.2, -0.15) is 0 Å². The van der Waals surface area contributed by atoms with Crippen molar-refractivity contribution in [2.75, 3.05) is 5.32 Å². The minimum atomic E-state index is -0.990. The van der Waals surface area contributed by atoms with Gasteiger partial charge in [-0.3, -0.25) is 0 Å². The molecule has 0 aliphatic rings. The number of nitrogens with one attached hydrogen (secondary N) is 1. The molecule has 1 aromatic carbocycles. The molecule has 4 heteroatoms. The molecule has 2 rings (SSSR count). The van der Waals surface area contributed by atoms with E-state index in [1.807, 2.05) is 32.0 Å². The van der Waals surface area contributed by atoms with Gasteiger partial charge in [0, 0.05) is 11.9 Å². The third-order valence-corrected chi connectivity index (χ3v) is 2.67. The van der Waals surface area contributed by atoms with Gasteiger partial charge in [-0.15, -0.1) is 0 Å². The lowest BCUT2D eigenvalue weighted by atomic mass is 10.1. The van der Waals surface area contributed by atoms with Gasteiger partial charge >= 0.3 is 5.97 Å². The van der Waals surface area contributed by atoms with E-state index in [1.54, 1.807) is 12.3 Å². The van der Waals surface area contributed by atoms with Crippen LogP contribution in [0.25, 0.3) is 0 Å². The van der Waals surface area contributed by atoms with Crippen molar-refractivity contribution in [3.63, 3.8) is 0 Å². The van der Waals surface area contributed by atoms with E-state index in [2.05, 4.69) is 10.3 Å². The first kappa shape index (κ1) is 12.1. The molecule has 0 unspecified atom stereocenters. The maximum atomic E-state index is 11.1. The Hall–Kier alpha value is -2.36. The highest BCUT2D eigenvalue weighted by Gasteiger charge is 2.11. The van der Waals surface area contributed by atoms with Crippen molar-refractivity contribution in [2.45, 2.75) is 13.8 Å². The van der Waals surface area contributed by atoms with Gasteiger partial charge in [0.1, 0.15) is 11.4 Å². The number of aromatic carboxylic acids is 1. The van der Waals surface area contributed by atoms with Crippen molar-refractivity contribution in [1.29, 1.82) is 0 Å². The fourth-order valence-corrected chi connectivity index (χ4v) is 1.76. The first-order valence-corrected chi connectivity index (χ1v) is 5.60. The zero-order chi connectivity index (χ0) is 13.1. The van der Waals surface area contributed by atoms with Crippen LogP contribution < -0.4 is 5.32 Å². The summed E-state index contributed by atoms with van der Waals surface area (Å²) >= 11 is 0. The zero-order valence-electron chi connectivity index (χ0n) is 10.3. The largest absolute Gasteiger partial charge is 0.478 e. The van der Waals surface area contributed by atoms with E-state index in [4.69, 9.17) is 5.11 Å². The zero-order valence-corrected chi connectivity index (χ0v) is 10.3. The predicted molar refractivity (Wildman–Crippen MR) is 70.4 cm³/mol. The summed E-state index contributed by atoms with van der Waals surface area (Å²) < 4.78 is 0. The van der Waals surface area contributed by atoms with Crippen LogP contribution in [0.1, 0.15) is 21.5 Å². The maximum Gasteiger partial charge on any atom is 0.339 e. The van der Waals surface area contributed by atoms with E-state index in [1.165, 1.54) is 6.07 Å². The third kappa shape index (κ3) is 2.48. The normalized spacial score (nSPS) is 10.1. The molecule has 4 nitrogen and oxygen atoms in total. The monoisotopic (exact) mass is 242 g/mol. The standard InChI is InChI=1S/C14H14N2O2/c1-9-5-6-12(10(2)8-9)16-13-11(14(17)18)4-3-7-15-13/h3-8H,1-2H3,(H,15,16)(H,17,18). The summed E-state index contributed by atoms with van der Waals surface area (Å²) in [7, 11) is 0. The van der Waals surface area contributed by atoms with E-state index >= 15 is 0 Å². The van der Waals surface area contributed by atoms with Gasteiger partial charge in [0.25, 0.3) is 0 Å². The average molecular weight is 242 g/mol. The lowest BCUT2D eigenvalue weighted by molar-refractivity contribution is 0.0697. The Balaban J connectivity index is 2.37. The Labute approximate surface area is 105 Å². The number of rotatable bonds is 3. The summed E-state index contributed by atoms with van der Waals surface area (Å²) in [6.07, 6.45) is 1.57. The van der Waals surface area contributed by atoms with E-state index < -0.39 is 5.97 Å². The molecule has 0 saturated carbocycles. The Morgan fingerprint density at radius 3 is 2.72 bits per heavy atom. The van der Waals surface area contributed by atoms with Gasteiger partial charge in [0.15, 0.2) is 0 Å². The van der Waals surface area contributed by atoms with E-state index in [9.17, 15) is 4.79 Å². The van der Waals surface area contributed by atoms with Crippen LogP contribution in [0.2, 0.25) is 0 Å². The first-order valence-electron chi connectivity index (χ1n) is 5.60. The average Bonchev–Trinajstić information content (AvgIpc) is 2.33. The smallest absolute Gasteiger partial charge is 0.339 e. The quantitative estimate of drug-likeness (QED) is 0.868. The number of aryl methyl sites for hydroxylation is 2. The van der Waals surface area contributed by atoms with Crippen LogP contribution in [0.5, 0.6) is 0 Å². The molecule has 92 valence electrons. The minimum absolute atomic E-state index is 0.164. The van der Waals surface area contributed by atoms with Crippen molar-refractivity contribution < 1.29 is 9.90 Å². The summed E-state index contributed by atoms with van der Waals surface area (Å²) in [5.74, 6) is -0.632. The number of hydrogen-bond donors (Lipinski definition) is 2. The Kier molecular flexibility index (Phi) is 3.28. The van der Waals surface area contributed by atoms with Gasteiger partial charge < -0.3 is 10.4 Å². The lowest BCUT2D eigenvalue weighted by Crippen LogP contribution is -2.05. The van der Waals surface area contributed by atoms with Crippen LogP contribution >= 0.6 is 0 Å². The molecule has 0 amide bonds. The molecule has 0 saturated heterocycles. The second-order valence-corrected chi connectivity index (χ2v) is 4.15. The summed E-state index contributed by atoms with van der Waals surface area (Å²) in [5.41, 5.74) is 3.24. The molecule has 1 heterocycles. The van der Waals surface area contributed by atoms with Crippen LogP contribution in [-0.4, -0.2) is 16.1 Å². The van der Waals surface area contributed by atoms with Crippen LogP contribution in [0.4, 0.5) is 11.5 Å². The number of pyridine rings is 1. The molecular formula is C14H14N2O2. The molecule has 2 aromatic rings. The lowest BCUT2D eigenvalue weighted by Gasteiger charge is -2.11. The number of benzene rings is 1. The number of nitrogens with zero attached hydrogens (tertiary/aromatic N) is 1. The summed E-state index contributed by atoms with van der Waals surface area (Å²) in [6, 6.07) is 9.06. The summed E-state index contributed by atoms with van der Waals surface area (Å²) in [6.45, 7) is 3.99. The fraction of sp³-hybridized carbons (Fsp3) is 0.143. The van der Waals surface area contributed by atoms with Crippen molar-refractivity contribution in [3.8, 4) is 0 Å². The summed E-state index contributed by atoms with van der Waals surface area (Å²) in [4.78, 5) is 15.1. The summed E-state index contributed by atoms with van der Waals surface area (Å²) in [5, 5.41) is 12.1. The number of carbonyl (C=O) groups is 1. The molecule has 1 aromatic heterocycles. The SMILES string of the molecule is Cc1ccc(Nc2ncccc2C(=O)O)c(C)c1. The van der Waals surface area contributed by atoms with Gasteiger partial charge in [0.2, 0.25) is 0 Å². The number of hydrogen-bond acceptors (Lipinski definition) is 3. The molecule has 18 heavy (non-hydrogen) atoms. The first-order chi connectivity index (χ1) is 8.58. The van der Waals surface area contributed by atoms with Gasteiger partial charge in [-0.05, 0) is 37.6 Å². The van der Waals surface area contributed by atoms with Crippen LogP contribution in [0.15, 0.2) is 36.5 Å². The molecule has 0 aliphatic carbocycles. The molecule has 0 aliphatic heterocycles. The second-order valence-electron chi connectivity index (χ2n) is 4.15. The second kappa shape index (κ2) is 4.87. The van der Waals surface area contributed by atoms with Gasteiger partial charge in [0.05, 0.1) is 0 Å². The van der Waals surface area contributed by atoms with Crippen molar-refractivity contribution in [2.24, 2.45) is 0 Å². The van der Waals surface area contributed by atoms with Crippen molar-refractivity contribution in [3.05, 3.63) is 53.2 Å². The van der Waals surface area contributed by atoms with E-state index in [0.717, 1.165) is 16.8 Å². The maximum absolute atomic E-state index is 11.1. The number of anilines is 2. The predicted octanol–water partition coefficient (Wildman–Crippen LogP) is 3.14. The van der Waals surface area contributed by atoms with Crippen molar-refractivity contribution in [1.82, 2.24) is 4.98 Å². The molecular weight excluding hydrogens is 228 g/mol. The number of carboxylic acid groups (broad SMARTS) is 1. The van der Waals surface area contributed by atoms with Crippen LogP contribution in [-0.2, 0) is 0 Å². The Bertz CT molecular complexity index is 594. The molecule has 0 atom stereocenters. The van der Waals surface area contributed by atoms with Gasteiger partial charge in [-0.25, -0.2) is 9.78 Å². The highest BCUT2D eigenvalue weighted by molar-refractivity contribution is 5.94. The molecule has 0 radical (unpaired) electrons. The number of aromatic nitrogens is 1. The molecule has 0 bridgehead atoms. The van der Waals surface area contributed by atoms with Crippen molar-refractivity contribution >= 4 is 17.5 Å². The fourth-order valence-electron chi connectivity index (χ4n) is 1.76. The minimum Gasteiger partial charge on any atom is -0.478 e. The Morgan fingerprint density at radius 1 is 1.28 bits per heavy atom. The Morgan fingerprint density at radius 2 is 2.06 bits per heavy atom. The van der Waals surface area contributed by atoms with Crippen LogP contribution in [0.3, 0.4) is 0 Å². The molecule has 0 fully saturated rings. The number of carboxylic acids is 1.